The fraction of sp³-hybridized carbons (Fsp3) is 0.133. The Kier molecular flexibility index (Phi) is 5.51. The number of anilines is 1. The molecule has 0 aliphatic carbocycles. The van der Waals surface area contributed by atoms with E-state index in [1.807, 2.05) is 18.2 Å². The number of amides is 1. The molecule has 0 saturated carbocycles. The summed E-state index contributed by atoms with van der Waals surface area (Å²) in [5.41, 5.74) is 0.455. The van der Waals surface area contributed by atoms with Crippen LogP contribution in [0.3, 0.4) is 0 Å². The Hall–Kier alpha value is -1.23. The van der Waals surface area contributed by atoms with E-state index in [9.17, 15) is 4.79 Å². The summed E-state index contributed by atoms with van der Waals surface area (Å²) in [5, 5.41) is 3.38. The minimum atomic E-state index is -0.682. The molecular weight excluding hydrogens is 377 g/mol. The van der Waals surface area contributed by atoms with Gasteiger partial charge in [-0.15, -0.1) is 0 Å². The van der Waals surface area contributed by atoms with Gasteiger partial charge < -0.3 is 10.1 Å². The lowest BCUT2D eigenvalue weighted by molar-refractivity contribution is -0.122. The molecule has 0 aliphatic rings. The minimum Gasteiger partial charge on any atom is -0.480 e. The average molecular weight is 389 g/mol. The number of benzene rings is 2. The minimum absolute atomic E-state index is 0.306. The molecule has 1 atom stereocenters. The van der Waals surface area contributed by atoms with Crippen molar-refractivity contribution in [3.63, 3.8) is 0 Å². The van der Waals surface area contributed by atoms with Crippen LogP contribution in [0.15, 0.2) is 46.9 Å². The van der Waals surface area contributed by atoms with Crippen molar-refractivity contribution in [2.45, 2.75) is 13.0 Å². The average Bonchev–Trinajstić information content (AvgIpc) is 2.46. The highest BCUT2D eigenvalue weighted by atomic mass is 79.9. The Morgan fingerprint density at radius 2 is 1.90 bits per heavy atom. The number of ether oxygens (including phenoxy) is 1. The van der Waals surface area contributed by atoms with E-state index >= 15 is 0 Å². The van der Waals surface area contributed by atoms with Gasteiger partial charge in [0.25, 0.3) is 5.91 Å². The van der Waals surface area contributed by atoms with Crippen LogP contribution in [0.2, 0.25) is 10.0 Å². The molecule has 0 saturated heterocycles. The second-order valence-electron chi connectivity index (χ2n) is 4.28. The largest absolute Gasteiger partial charge is 0.480 e. The molecule has 2 aromatic carbocycles. The van der Waals surface area contributed by atoms with Crippen molar-refractivity contribution in [1.29, 1.82) is 0 Å². The zero-order chi connectivity index (χ0) is 15.4. The second kappa shape index (κ2) is 7.16. The smallest absolute Gasteiger partial charge is 0.265 e. The van der Waals surface area contributed by atoms with E-state index < -0.39 is 6.10 Å². The van der Waals surface area contributed by atoms with Crippen LogP contribution in [0.1, 0.15) is 6.92 Å². The standard InChI is InChI=1S/C15H12BrCl2NO2/c1-9(21-13-8-3-2-5-10(13)16)15(20)19-12-7-4-6-11(17)14(12)18/h2-9H,1H3,(H,19,20). The van der Waals surface area contributed by atoms with E-state index in [0.29, 0.717) is 21.5 Å². The highest BCUT2D eigenvalue weighted by Gasteiger charge is 2.17. The molecule has 0 fully saturated rings. The van der Waals surface area contributed by atoms with Crippen LogP contribution in [-0.4, -0.2) is 12.0 Å². The van der Waals surface area contributed by atoms with Gasteiger partial charge >= 0.3 is 0 Å². The quantitative estimate of drug-likeness (QED) is 0.785. The molecule has 1 unspecified atom stereocenters. The lowest BCUT2D eigenvalue weighted by Gasteiger charge is -2.16. The van der Waals surface area contributed by atoms with Crippen molar-refractivity contribution in [3.05, 3.63) is 57.0 Å². The summed E-state index contributed by atoms with van der Waals surface area (Å²) in [6.45, 7) is 1.66. The third-order valence-electron chi connectivity index (χ3n) is 2.72. The van der Waals surface area contributed by atoms with Crippen LogP contribution in [0.4, 0.5) is 5.69 Å². The predicted octanol–water partition coefficient (Wildman–Crippen LogP) is 5.16. The first-order valence-electron chi connectivity index (χ1n) is 6.15. The normalized spacial score (nSPS) is 11.8. The van der Waals surface area contributed by atoms with Crippen LogP contribution in [0.25, 0.3) is 0 Å². The lowest BCUT2D eigenvalue weighted by Crippen LogP contribution is -2.30. The predicted molar refractivity (Wildman–Crippen MR) is 89.3 cm³/mol. The number of carbonyl (C=O) groups excluding carboxylic acids is 1. The SMILES string of the molecule is CC(Oc1ccccc1Br)C(=O)Nc1cccc(Cl)c1Cl. The Bertz CT molecular complexity index is 664. The number of hydrogen-bond donors (Lipinski definition) is 1. The number of hydrogen-bond acceptors (Lipinski definition) is 2. The fourth-order valence-electron chi connectivity index (χ4n) is 1.62. The van der Waals surface area contributed by atoms with E-state index in [2.05, 4.69) is 21.2 Å². The van der Waals surface area contributed by atoms with Crippen molar-refractivity contribution in [2.75, 3.05) is 5.32 Å². The Balaban J connectivity index is 2.06. The molecule has 0 aliphatic heterocycles. The number of para-hydroxylation sites is 1. The van der Waals surface area contributed by atoms with Gasteiger partial charge in [-0.2, -0.15) is 0 Å². The molecule has 21 heavy (non-hydrogen) atoms. The molecule has 6 heteroatoms. The Morgan fingerprint density at radius 1 is 1.19 bits per heavy atom. The molecule has 3 nitrogen and oxygen atoms in total. The number of rotatable bonds is 4. The molecule has 1 amide bonds. The maximum Gasteiger partial charge on any atom is 0.265 e. The van der Waals surface area contributed by atoms with Gasteiger partial charge in [0.05, 0.1) is 20.2 Å². The van der Waals surface area contributed by atoms with Crippen LogP contribution < -0.4 is 10.1 Å². The maximum atomic E-state index is 12.1. The first kappa shape index (κ1) is 16.1. The number of nitrogens with one attached hydrogen (secondary N) is 1. The first-order chi connectivity index (χ1) is 9.99. The fourth-order valence-corrected chi connectivity index (χ4v) is 2.34. The van der Waals surface area contributed by atoms with Crippen molar-refractivity contribution in [3.8, 4) is 5.75 Å². The van der Waals surface area contributed by atoms with Crippen LogP contribution in [0.5, 0.6) is 5.75 Å². The van der Waals surface area contributed by atoms with E-state index in [0.717, 1.165) is 4.47 Å². The maximum absolute atomic E-state index is 12.1. The summed E-state index contributed by atoms with van der Waals surface area (Å²) in [4.78, 5) is 12.1. The van der Waals surface area contributed by atoms with Gasteiger partial charge in [0.15, 0.2) is 6.10 Å². The van der Waals surface area contributed by atoms with E-state index in [-0.39, 0.29) is 5.91 Å². The van der Waals surface area contributed by atoms with Gasteiger partial charge in [-0.3, -0.25) is 4.79 Å². The molecular formula is C15H12BrCl2NO2. The van der Waals surface area contributed by atoms with E-state index in [4.69, 9.17) is 27.9 Å². The zero-order valence-electron chi connectivity index (χ0n) is 11.1. The van der Waals surface area contributed by atoms with Crippen molar-refractivity contribution in [1.82, 2.24) is 0 Å². The highest BCUT2D eigenvalue weighted by molar-refractivity contribution is 9.10. The van der Waals surface area contributed by atoms with Crippen molar-refractivity contribution in [2.24, 2.45) is 0 Å². The van der Waals surface area contributed by atoms with Crippen molar-refractivity contribution >= 4 is 50.7 Å². The molecule has 110 valence electrons. The molecule has 1 N–H and O–H groups in total. The highest BCUT2D eigenvalue weighted by Crippen LogP contribution is 2.30. The Morgan fingerprint density at radius 3 is 2.62 bits per heavy atom. The van der Waals surface area contributed by atoms with Gasteiger partial charge in [-0.1, -0.05) is 41.4 Å². The van der Waals surface area contributed by atoms with Gasteiger partial charge in [-0.25, -0.2) is 0 Å². The zero-order valence-corrected chi connectivity index (χ0v) is 14.2. The van der Waals surface area contributed by atoms with Crippen LogP contribution >= 0.6 is 39.1 Å². The summed E-state index contributed by atoms with van der Waals surface area (Å²) in [6, 6.07) is 12.4. The molecule has 0 spiro atoms. The van der Waals surface area contributed by atoms with Crippen LogP contribution in [-0.2, 0) is 4.79 Å². The number of halogens is 3. The first-order valence-corrected chi connectivity index (χ1v) is 7.70. The summed E-state index contributed by atoms with van der Waals surface area (Å²) in [6.07, 6.45) is -0.682. The summed E-state index contributed by atoms with van der Waals surface area (Å²) < 4.78 is 6.40. The van der Waals surface area contributed by atoms with Crippen LogP contribution in [0, 0.1) is 0 Å². The monoisotopic (exact) mass is 387 g/mol. The molecule has 2 aromatic rings. The van der Waals surface area contributed by atoms with E-state index in [1.165, 1.54) is 0 Å². The van der Waals surface area contributed by atoms with Gasteiger partial charge in [0.2, 0.25) is 0 Å². The molecule has 0 heterocycles. The van der Waals surface area contributed by atoms with E-state index in [1.54, 1.807) is 31.2 Å². The summed E-state index contributed by atoms with van der Waals surface area (Å²) in [7, 11) is 0. The van der Waals surface area contributed by atoms with Crippen molar-refractivity contribution < 1.29 is 9.53 Å². The molecule has 2 rings (SSSR count). The molecule has 0 bridgehead atoms. The third-order valence-corrected chi connectivity index (χ3v) is 4.19. The summed E-state index contributed by atoms with van der Waals surface area (Å²) >= 11 is 15.3. The molecule has 0 radical (unpaired) electrons. The van der Waals surface area contributed by atoms with Gasteiger partial charge in [-0.05, 0) is 47.1 Å². The molecule has 0 aromatic heterocycles. The lowest BCUT2D eigenvalue weighted by atomic mass is 10.3. The number of carbonyl (C=O) groups is 1. The Labute approximate surface area is 141 Å². The van der Waals surface area contributed by atoms with Gasteiger partial charge in [0.1, 0.15) is 5.75 Å². The van der Waals surface area contributed by atoms with Gasteiger partial charge in [0, 0.05) is 0 Å². The topological polar surface area (TPSA) is 38.3 Å². The third kappa shape index (κ3) is 4.13. The second-order valence-corrected chi connectivity index (χ2v) is 5.92. The summed E-state index contributed by atoms with van der Waals surface area (Å²) in [5.74, 6) is 0.285.